The van der Waals surface area contributed by atoms with Crippen LogP contribution in [0.4, 0.5) is 0 Å². The largest absolute Gasteiger partial charge is 0.756 e. The summed E-state index contributed by atoms with van der Waals surface area (Å²) in [6.07, 6.45) is -1.68. The van der Waals surface area contributed by atoms with Gasteiger partial charge in [0, 0.05) is 6.07 Å². The quantitative estimate of drug-likeness (QED) is 0.371. The Hall–Kier alpha value is -1.19. The van der Waals surface area contributed by atoms with Gasteiger partial charge >= 0.3 is 0 Å². The lowest BCUT2D eigenvalue weighted by Crippen LogP contribution is -2.46. The average molecular weight is 361 g/mol. The maximum Gasteiger partial charge on any atom is 0.292 e. The van der Waals surface area contributed by atoms with Crippen molar-refractivity contribution >= 4 is 13.6 Å². The highest BCUT2D eigenvalue weighted by Gasteiger charge is 2.48. The highest BCUT2D eigenvalue weighted by molar-refractivity contribution is 7.45. The van der Waals surface area contributed by atoms with Gasteiger partial charge in [0.2, 0.25) is 0 Å². The zero-order chi connectivity index (χ0) is 17.9. The lowest BCUT2D eigenvalue weighted by atomic mass is 10.1. The molecule has 1 aliphatic heterocycles. The number of ether oxygens (including phenoxy) is 1. The van der Waals surface area contributed by atoms with Crippen LogP contribution in [0.5, 0.6) is 0 Å². The van der Waals surface area contributed by atoms with E-state index in [1.54, 1.807) is 18.3 Å². The normalized spacial score (nSPS) is 29.4. The number of phosphoric acid groups is 1. The zero-order valence-corrected chi connectivity index (χ0v) is 14.2. The van der Waals surface area contributed by atoms with Crippen molar-refractivity contribution in [2.45, 2.75) is 38.4 Å². The second-order valence-corrected chi connectivity index (χ2v) is 6.71. The number of nitrogens with zero attached hydrogens (tertiary/aromatic N) is 1. The third-order valence-corrected chi connectivity index (χ3v) is 4.58. The third kappa shape index (κ3) is 4.46. The van der Waals surface area contributed by atoms with E-state index in [0.29, 0.717) is 5.56 Å². The van der Waals surface area contributed by atoms with Crippen LogP contribution in [0.3, 0.4) is 0 Å². The van der Waals surface area contributed by atoms with Crippen LogP contribution >= 0.6 is 7.82 Å². The first-order chi connectivity index (χ1) is 11.2. The van der Waals surface area contributed by atoms with Gasteiger partial charge in [-0.05, 0) is 19.9 Å². The van der Waals surface area contributed by atoms with E-state index < -0.39 is 39.0 Å². The molecule has 0 amide bonds. The molecule has 0 saturated carbocycles. The van der Waals surface area contributed by atoms with Gasteiger partial charge in [-0.1, -0.05) is 0 Å². The van der Waals surface area contributed by atoms with Crippen LogP contribution in [-0.2, 0) is 18.3 Å². The number of hydrogen-bond acceptors (Lipinski definition) is 8. The summed E-state index contributed by atoms with van der Waals surface area (Å²) in [7, 11) is -4.48. The van der Waals surface area contributed by atoms with E-state index in [1.807, 2.05) is 0 Å². The predicted molar refractivity (Wildman–Crippen MR) is 77.7 cm³/mol. The summed E-state index contributed by atoms with van der Waals surface area (Å²) in [5, 5.41) is 20.2. The molecule has 0 radical (unpaired) electrons. The van der Waals surface area contributed by atoms with E-state index in [1.165, 1.54) is 24.6 Å². The molecule has 2 N–H and O–H groups in total. The monoisotopic (exact) mass is 361 g/mol. The molecule has 134 valence electrons. The van der Waals surface area contributed by atoms with E-state index in [2.05, 4.69) is 9.05 Å². The molecular formula is C14H20NO8P. The fraction of sp³-hybridized carbons (Fsp3) is 0.571. The van der Waals surface area contributed by atoms with Crippen molar-refractivity contribution in [3.05, 3.63) is 30.1 Å². The first-order valence-electron chi connectivity index (χ1n) is 7.38. The second kappa shape index (κ2) is 7.79. The zero-order valence-electron chi connectivity index (χ0n) is 13.3. The molecule has 0 aromatic carbocycles. The Morgan fingerprint density at radius 1 is 1.42 bits per heavy atom. The number of aliphatic hydroxyl groups excluding tert-OH is 2. The first-order valence-corrected chi connectivity index (χ1v) is 8.84. The Morgan fingerprint density at radius 3 is 2.75 bits per heavy atom. The topological polar surface area (TPSA) is 129 Å². The van der Waals surface area contributed by atoms with Gasteiger partial charge in [0.15, 0.2) is 24.3 Å². The van der Waals surface area contributed by atoms with E-state index in [9.17, 15) is 24.5 Å². The summed E-state index contributed by atoms with van der Waals surface area (Å²) < 4.78 is 27.4. The number of carbonyl (C=O) groups excluding carboxylic acids is 1. The number of pyridine rings is 1. The molecule has 2 heterocycles. The molecule has 0 bridgehead atoms. The van der Waals surface area contributed by atoms with Gasteiger partial charge in [-0.25, -0.2) is 0 Å². The van der Waals surface area contributed by atoms with Crippen molar-refractivity contribution in [2.75, 3.05) is 13.2 Å². The van der Waals surface area contributed by atoms with Crippen molar-refractivity contribution in [1.29, 1.82) is 0 Å². The van der Waals surface area contributed by atoms with Crippen LogP contribution < -0.4 is 9.46 Å². The van der Waals surface area contributed by atoms with Gasteiger partial charge in [-0.2, -0.15) is 4.57 Å². The molecule has 1 saturated heterocycles. The number of rotatable bonds is 7. The molecule has 1 aromatic rings. The summed E-state index contributed by atoms with van der Waals surface area (Å²) in [6.45, 7) is 2.32. The fourth-order valence-corrected chi connectivity index (χ4v) is 3.05. The van der Waals surface area contributed by atoms with Crippen LogP contribution in [0.1, 0.15) is 30.4 Å². The van der Waals surface area contributed by atoms with E-state index in [4.69, 9.17) is 4.74 Å². The number of hydrogen-bond donors (Lipinski definition) is 2. The van der Waals surface area contributed by atoms with Gasteiger partial charge in [-0.15, -0.1) is 0 Å². The predicted octanol–water partition coefficient (Wildman–Crippen LogP) is -0.683. The van der Waals surface area contributed by atoms with Crippen LogP contribution in [0.25, 0.3) is 0 Å². The number of Topliss-reactive ketones (excluding diaryl/α,β-unsaturated/α-hetero) is 1. The standard InChI is InChI=1S/C14H20NO8P/c1-3-21-24(19,20)22-8-11-12(17)13(18)14(23-11)15-6-4-5-10(7-15)9(2)16/h4-7,11-14,17-18H,3,8H2,1-2H3/t11-,12-,13-,14-/m1/s1. The van der Waals surface area contributed by atoms with Gasteiger partial charge in [0.05, 0.1) is 18.8 Å². The van der Waals surface area contributed by atoms with Crippen molar-refractivity contribution in [1.82, 2.24) is 0 Å². The molecule has 0 spiro atoms. The van der Waals surface area contributed by atoms with Crippen LogP contribution in [0, 0.1) is 0 Å². The minimum Gasteiger partial charge on any atom is -0.756 e. The van der Waals surface area contributed by atoms with E-state index in [0.717, 1.165) is 0 Å². The van der Waals surface area contributed by atoms with Crippen LogP contribution in [0.2, 0.25) is 0 Å². The highest BCUT2D eigenvalue weighted by atomic mass is 31.2. The Kier molecular flexibility index (Phi) is 6.22. The SMILES string of the molecule is CCOP(=O)([O-])OC[C@H]1O[C@@H]([n+]2cccc(C(C)=O)c2)[C@H](O)[C@@H]1O. The minimum atomic E-state index is -4.48. The van der Waals surface area contributed by atoms with E-state index in [-0.39, 0.29) is 12.4 Å². The molecule has 9 nitrogen and oxygen atoms in total. The van der Waals surface area contributed by atoms with Gasteiger partial charge in [0.1, 0.15) is 12.2 Å². The Bertz CT molecular complexity index is 639. The highest BCUT2D eigenvalue weighted by Crippen LogP contribution is 2.39. The molecule has 0 aliphatic carbocycles. The lowest BCUT2D eigenvalue weighted by Gasteiger charge is -2.24. The number of phosphoric ester groups is 1. The number of ketones is 1. The summed E-state index contributed by atoms with van der Waals surface area (Å²) in [4.78, 5) is 22.8. The molecule has 10 heteroatoms. The molecule has 1 unspecified atom stereocenters. The first kappa shape index (κ1) is 19.1. The summed E-state index contributed by atoms with van der Waals surface area (Å²) in [6, 6.07) is 3.21. The second-order valence-electron chi connectivity index (χ2n) is 5.30. The molecule has 1 aliphatic rings. The van der Waals surface area contributed by atoms with E-state index >= 15 is 0 Å². The fourth-order valence-electron chi connectivity index (χ4n) is 2.33. The average Bonchev–Trinajstić information content (AvgIpc) is 2.81. The molecule has 24 heavy (non-hydrogen) atoms. The van der Waals surface area contributed by atoms with Crippen molar-refractivity contribution in [3.8, 4) is 0 Å². The maximum absolute atomic E-state index is 11.4. The summed E-state index contributed by atoms with van der Waals surface area (Å²) in [5.74, 6) is -0.165. The van der Waals surface area contributed by atoms with Gasteiger partial charge < -0.3 is 28.9 Å². The Morgan fingerprint density at radius 2 is 2.12 bits per heavy atom. The molecule has 5 atom stereocenters. The van der Waals surface area contributed by atoms with Crippen LogP contribution in [0.15, 0.2) is 24.5 Å². The minimum absolute atomic E-state index is 0.0756. The number of aromatic nitrogens is 1. The summed E-state index contributed by atoms with van der Waals surface area (Å²) in [5.41, 5.74) is 0.405. The number of aliphatic hydroxyl groups is 2. The smallest absolute Gasteiger partial charge is 0.292 e. The van der Waals surface area contributed by atoms with Crippen molar-refractivity contribution < 1.29 is 42.8 Å². The molecule has 1 aromatic heterocycles. The summed E-state index contributed by atoms with van der Waals surface area (Å²) >= 11 is 0. The molecule has 1 fully saturated rings. The third-order valence-electron chi connectivity index (χ3n) is 3.54. The Labute approximate surface area is 139 Å². The molecule has 2 rings (SSSR count). The van der Waals surface area contributed by atoms with Gasteiger partial charge in [-0.3, -0.25) is 9.36 Å². The van der Waals surface area contributed by atoms with Crippen molar-refractivity contribution in [2.24, 2.45) is 0 Å². The van der Waals surface area contributed by atoms with Crippen molar-refractivity contribution in [3.63, 3.8) is 0 Å². The Balaban J connectivity index is 2.08. The van der Waals surface area contributed by atoms with Crippen LogP contribution in [-0.4, -0.2) is 47.5 Å². The maximum atomic E-state index is 11.4. The lowest BCUT2D eigenvalue weighted by molar-refractivity contribution is -0.765. The van der Waals surface area contributed by atoms with Gasteiger partial charge in [0.25, 0.3) is 14.1 Å². The number of carbonyl (C=O) groups is 1. The molecular weight excluding hydrogens is 341 g/mol.